The van der Waals surface area contributed by atoms with Crippen molar-refractivity contribution in [1.82, 2.24) is 25.4 Å². The molecular weight excluding hydrogens is 407 g/mol. The lowest BCUT2D eigenvalue weighted by Gasteiger charge is -2.10. The van der Waals surface area contributed by atoms with Crippen molar-refractivity contribution < 1.29 is 4.42 Å². The Labute approximate surface area is 154 Å². The molecule has 0 unspecified atom stereocenters. The third kappa shape index (κ3) is 6.20. The summed E-state index contributed by atoms with van der Waals surface area (Å²) in [7, 11) is 3.68. The highest BCUT2D eigenvalue weighted by molar-refractivity contribution is 14.0. The SMILES string of the molecule is CN=C(NCCCc1cnn(C)c1)NCc1nc(C)c(C)o1.I. The van der Waals surface area contributed by atoms with Crippen LogP contribution in [0.4, 0.5) is 0 Å². The lowest BCUT2D eigenvalue weighted by atomic mass is 10.2. The fraction of sp³-hybridized carbons (Fsp3) is 0.533. The minimum absolute atomic E-state index is 0. The Morgan fingerprint density at radius 3 is 2.70 bits per heavy atom. The van der Waals surface area contributed by atoms with Crippen LogP contribution in [0.5, 0.6) is 0 Å². The van der Waals surface area contributed by atoms with Gasteiger partial charge < -0.3 is 15.1 Å². The van der Waals surface area contributed by atoms with Crippen molar-refractivity contribution in [3.63, 3.8) is 0 Å². The van der Waals surface area contributed by atoms with Crippen LogP contribution < -0.4 is 10.6 Å². The van der Waals surface area contributed by atoms with Crippen molar-refractivity contribution in [2.24, 2.45) is 12.0 Å². The standard InChI is InChI=1S/C15H24N6O.HI/c1-11-12(2)22-14(20-11)9-18-15(16-3)17-7-5-6-13-8-19-21(4)10-13;/h8,10H,5-7,9H2,1-4H3,(H2,16,17,18);1H. The molecule has 0 spiro atoms. The zero-order valence-electron chi connectivity index (χ0n) is 14.1. The summed E-state index contributed by atoms with van der Waals surface area (Å²) in [6.45, 7) is 5.22. The number of guanidine groups is 1. The molecule has 2 aromatic rings. The number of rotatable bonds is 6. The van der Waals surface area contributed by atoms with E-state index < -0.39 is 0 Å². The smallest absolute Gasteiger partial charge is 0.214 e. The maximum atomic E-state index is 5.53. The molecule has 2 aromatic heterocycles. The molecule has 0 aromatic carbocycles. The summed E-state index contributed by atoms with van der Waals surface area (Å²) in [4.78, 5) is 8.52. The molecule has 128 valence electrons. The second-order valence-corrected chi connectivity index (χ2v) is 5.23. The lowest BCUT2D eigenvalue weighted by molar-refractivity contribution is 0.463. The molecule has 0 radical (unpaired) electrons. The third-order valence-electron chi connectivity index (χ3n) is 3.40. The second-order valence-electron chi connectivity index (χ2n) is 5.23. The van der Waals surface area contributed by atoms with Crippen molar-refractivity contribution in [3.05, 3.63) is 35.3 Å². The molecule has 0 saturated carbocycles. The Morgan fingerprint density at radius 2 is 2.13 bits per heavy atom. The van der Waals surface area contributed by atoms with E-state index in [-0.39, 0.29) is 24.0 Å². The van der Waals surface area contributed by atoms with Crippen LogP contribution in [0.2, 0.25) is 0 Å². The molecule has 0 aliphatic rings. The summed E-state index contributed by atoms with van der Waals surface area (Å²) in [6, 6.07) is 0. The number of aliphatic imine (C=N–C) groups is 1. The number of nitrogens with one attached hydrogen (secondary N) is 2. The van der Waals surface area contributed by atoms with Gasteiger partial charge in [-0.05, 0) is 32.3 Å². The summed E-state index contributed by atoms with van der Waals surface area (Å²) in [5, 5.41) is 10.6. The average Bonchev–Trinajstić information content (AvgIpc) is 3.04. The normalized spacial score (nSPS) is 11.2. The van der Waals surface area contributed by atoms with Gasteiger partial charge in [-0.25, -0.2) is 4.98 Å². The molecule has 23 heavy (non-hydrogen) atoms. The first-order valence-electron chi connectivity index (χ1n) is 7.43. The number of oxazole rings is 1. The van der Waals surface area contributed by atoms with E-state index in [0.717, 1.165) is 36.8 Å². The summed E-state index contributed by atoms with van der Waals surface area (Å²) < 4.78 is 7.35. The molecule has 2 N–H and O–H groups in total. The van der Waals surface area contributed by atoms with Crippen LogP contribution in [0.15, 0.2) is 21.8 Å². The Bertz CT molecular complexity index is 614. The fourth-order valence-corrected chi connectivity index (χ4v) is 2.10. The van der Waals surface area contributed by atoms with Gasteiger partial charge in [-0.3, -0.25) is 9.67 Å². The first-order chi connectivity index (χ1) is 10.6. The van der Waals surface area contributed by atoms with Crippen molar-refractivity contribution in [2.75, 3.05) is 13.6 Å². The van der Waals surface area contributed by atoms with Gasteiger partial charge in [0.1, 0.15) is 5.76 Å². The van der Waals surface area contributed by atoms with E-state index in [2.05, 4.69) is 25.7 Å². The minimum Gasteiger partial charge on any atom is -0.444 e. The summed E-state index contributed by atoms with van der Waals surface area (Å²) in [5.41, 5.74) is 2.18. The van der Waals surface area contributed by atoms with E-state index in [1.165, 1.54) is 5.56 Å². The Kier molecular flexibility index (Phi) is 8.07. The number of nitrogens with zero attached hydrogens (tertiary/aromatic N) is 4. The fourth-order valence-electron chi connectivity index (χ4n) is 2.10. The van der Waals surface area contributed by atoms with Gasteiger partial charge in [-0.15, -0.1) is 24.0 Å². The van der Waals surface area contributed by atoms with Crippen LogP contribution in [0.1, 0.15) is 29.3 Å². The van der Waals surface area contributed by atoms with Crippen molar-refractivity contribution in [3.8, 4) is 0 Å². The van der Waals surface area contributed by atoms with Crippen molar-refractivity contribution in [1.29, 1.82) is 0 Å². The number of aromatic nitrogens is 3. The van der Waals surface area contributed by atoms with Gasteiger partial charge >= 0.3 is 0 Å². The van der Waals surface area contributed by atoms with Gasteiger partial charge in [0.05, 0.1) is 18.4 Å². The van der Waals surface area contributed by atoms with Gasteiger partial charge in [0.15, 0.2) is 5.96 Å². The Hall–Kier alpha value is -1.58. The Morgan fingerprint density at radius 1 is 1.35 bits per heavy atom. The molecule has 0 bridgehead atoms. The van der Waals surface area contributed by atoms with E-state index in [1.807, 2.05) is 38.0 Å². The van der Waals surface area contributed by atoms with Gasteiger partial charge in [0, 0.05) is 26.8 Å². The Balaban J connectivity index is 0.00000264. The first-order valence-corrected chi connectivity index (χ1v) is 7.43. The molecule has 2 heterocycles. The summed E-state index contributed by atoms with van der Waals surface area (Å²) in [6.07, 6.45) is 5.96. The minimum atomic E-state index is 0. The number of hydrogen-bond donors (Lipinski definition) is 2. The highest BCUT2D eigenvalue weighted by Gasteiger charge is 2.06. The zero-order chi connectivity index (χ0) is 15.9. The molecule has 7 nitrogen and oxygen atoms in total. The van der Waals surface area contributed by atoms with Crippen molar-refractivity contribution >= 4 is 29.9 Å². The molecule has 0 fully saturated rings. The number of halogens is 1. The van der Waals surface area contributed by atoms with Crippen LogP contribution in [0.3, 0.4) is 0 Å². The van der Waals surface area contributed by atoms with E-state index in [0.29, 0.717) is 12.4 Å². The molecule has 0 saturated heterocycles. The topological polar surface area (TPSA) is 80.3 Å². The van der Waals surface area contributed by atoms with Gasteiger partial charge in [-0.1, -0.05) is 0 Å². The van der Waals surface area contributed by atoms with Gasteiger partial charge in [-0.2, -0.15) is 5.10 Å². The van der Waals surface area contributed by atoms with Crippen LogP contribution >= 0.6 is 24.0 Å². The monoisotopic (exact) mass is 432 g/mol. The molecule has 0 aliphatic carbocycles. The summed E-state index contributed by atoms with van der Waals surface area (Å²) >= 11 is 0. The number of hydrogen-bond acceptors (Lipinski definition) is 4. The zero-order valence-corrected chi connectivity index (χ0v) is 16.4. The van der Waals surface area contributed by atoms with Crippen LogP contribution in [0, 0.1) is 13.8 Å². The molecule has 0 atom stereocenters. The van der Waals surface area contributed by atoms with E-state index >= 15 is 0 Å². The van der Waals surface area contributed by atoms with Crippen molar-refractivity contribution in [2.45, 2.75) is 33.2 Å². The molecular formula is C15H25IN6O. The van der Waals surface area contributed by atoms with E-state index in [1.54, 1.807) is 7.05 Å². The van der Waals surface area contributed by atoms with Crippen LogP contribution in [-0.4, -0.2) is 34.3 Å². The second kappa shape index (κ2) is 9.53. The van der Waals surface area contributed by atoms with E-state index in [9.17, 15) is 0 Å². The largest absolute Gasteiger partial charge is 0.444 e. The molecule has 0 amide bonds. The molecule has 8 heteroatoms. The quantitative estimate of drug-likeness (QED) is 0.316. The predicted molar refractivity (Wildman–Crippen MR) is 101 cm³/mol. The predicted octanol–water partition coefficient (Wildman–Crippen LogP) is 1.94. The van der Waals surface area contributed by atoms with Crippen LogP contribution in [-0.2, 0) is 20.0 Å². The maximum absolute atomic E-state index is 5.53. The van der Waals surface area contributed by atoms with Crippen LogP contribution in [0.25, 0.3) is 0 Å². The highest BCUT2D eigenvalue weighted by atomic mass is 127. The molecule has 2 rings (SSSR count). The highest BCUT2D eigenvalue weighted by Crippen LogP contribution is 2.07. The first kappa shape index (κ1) is 19.5. The third-order valence-corrected chi connectivity index (χ3v) is 3.40. The molecule has 0 aliphatic heterocycles. The van der Waals surface area contributed by atoms with Gasteiger partial charge in [0.2, 0.25) is 5.89 Å². The number of aryl methyl sites for hydroxylation is 4. The maximum Gasteiger partial charge on any atom is 0.214 e. The van der Waals surface area contributed by atoms with E-state index in [4.69, 9.17) is 4.42 Å². The summed E-state index contributed by atoms with van der Waals surface area (Å²) in [5.74, 6) is 2.28. The lowest BCUT2D eigenvalue weighted by Crippen LogP contribution is -2.37. The average molecular weight is 432 g/mol. The van der Waals surface area contributed by atoms with Gasteiger partial charge in [0.25, 0.3) is 0 Å².